The van der Waals surface area contributed by atoms with Gasteiger partial charge in [0.1, 0.15) is 0 Å². The minimum atomic E-state index is -3.00. The fourth-order valence-corrected chi connectivity index (χ4v) is 1.71. The quantitative estimate of drug-likeness (QED) is 0.905. The summed E-state index contributed by atoms with van der Waals surface area (Å²) in [5.74, 6) is -0.187. The number of aromatic nitrogens is 2. The molecule has 0 spiro atoms. The normalized spacial score (nSPS) is 10.5. The molecule has 2 N–H and O–H groups in total. The molecule has 2 rings (SSSR count). The summed E-state index contributed by atoms with van der Waals surface area (Å²) < 4.78 is 28.8. The first-order valence-electron chi connectivity index (χ1n) is 5.85. The van der Waals surface area contributed by atoms with Crippen LogP contribution in [0.2, 0.25) is 0 Å². The van der Waals surface area contributed by atoms with Crippen molar-refractivity contribution in [2.75, 3.05) is 5.32 Å². The Morgan fingerprint density at radius 2 is 2.05 bits per heavy atom. The van der Waals surface area contributed by atoms with Crippen LogP contribution in [-0.2, 0) is 0 Å². The Bertz CT molecular complexity index is 665. The van der Waals surface area contributed by atoms with Crippen LogP contribution < -0.4 is 10.1 Å². The Morgan fingerprint density at radius 3 is 2.71 bits per heavy atom. The van der Waals surface area contributed by atoms with Crippen molar-refractivity contribution in [1.82, 2.24) is 9.97 Å². The Morgan fingerprint density at radius 1 is 1.33 bits per heavy atom. The van der Waals surface area contributed by atoms with Crippen molar-refractivity contribution in [3.8, 4) is 17.3 Å². The summed E-state index contributed by atoms with van der Waals surface area (Å²) in [4.78, 5) is 18.7. The maximum absolute atomic E-state index is 12.3. The highest BCUT2D eigenvalue weighted by Gasteiger charge is 2.13. The molecule has 1 aromatic heterocycles. The number of nitrogens with one attached hydrogen (secondary N) is 1. The van der Waals surface area contributed by atoms with Gasteiger partial charge >= 0.3 is 12.7 Å². The number of hydrogen-bond acceptors (Lipinski definition) is 4. The number of halogens is 2. The Hall–Kier alpha value is -2.77. The van der Waals surface area contributed by atoms with Gasteiger partial charge in [0.05, 0.1) is 5.69 Å². The van der Waals surface area contributed by atoms with Gasteiger partial charge in [0.2, 0.25) is 5.88 Å². The molecule has 8 heteroatoms. The topological polar surface area (TPSA) is 84.3 Å². The van der Waals surface area contributed by atoms with Gasteiger partial charge in [-0.3, -0.25) is 5.32 Å². The summed E-state index contributed by atoms with van der Waals surface area (Å²) in [6, 6.07) is 7.64. The molecular formula is C13H11F2N3O3. The zero-order chi connectivity index (χ0) is 15.4. The van der Waals surface area contributed by atoms with Gasteiger partial charge in [-0.05, 0) is 19.1 Å². The minimum Gasteiger partial charge on any atom is -0.465 e. The fraction of sp³-hybridized carbons (Fsp3) is 0.154. The first-order valence-corrected chi connectivity index (χ1v) is 5.85. The van der Waals surface area contributed by atoms with Crippen LogP contribution in [0, 0.1) is 6.92 Å². The first kappa shape index (κ1) is 14.6. The van der Waals surface area contributed by atoms with E-state index in [1.54, 1.807) is 25.1 Å². The molecule has 1 aromatic carbocycles. The molecule has 0 atom stereocenters. The summed E-state index contributed by atoms with van der Waals surface area (Å²) in [5.41, 5.74) is 1.03. The first-order chi connectivity index (χ1) is 9.95. The maximum atomic E-state index is 12.3. The molecule has 0 saturated heterocycles. The summed E-state index contributed by atoms with van der Waals surface area (Å²) in [6.07, 6.45) is -1.25. The molecule has 21 heavy (non-hydrogen) atoms. The molecule has 0 aliphatic heterocycles. The van der Waals surface area contributed by atoms with E-state index in [4.69, 9.17) is 5.11 Å². The highest BCUT2D eigenvalue weighted by molar-refractivity contribution is 5.89. The number of benzene rings is 1. The molecule has 0 fully saturated rings. The van der Waals surface area contributed by atoms with Gasteiger partial charge in [0.15, 0.2) is 5.82 Å². The third kappa shape index (κ3) is 3.85. The van der Waals surface area contributed by atoms with E-state index in [2.05, 4.69) is 20.0 Å². The molecule has 0 aliphatic rings. The molecular weight excluding hydrogens is 284 g/mol. The van der Waals surface area contributed by atoms with Crippen molar-refractivity contribution in [2.45, 2.75) is 13.5 Å². The van der Waals surface area contributed by atoms with E-state index in [1.807, 2.05) is 0 Å². The number of ether oxygens (including phenoxy) is 1. The third-order valence-electron chi connectivity index (χ3n) is 2.45. The summed E-state index contributed by atoms with van der Waals surface area (Å²) >= 11 is 0. The molecule has 110 valence electrons. The van der Waals surface area contributed by atoms with Crippen molar-refractivity contribution in [2.24, 2.45) is 0 Å². The van der Waals surface area contributed by atoms with Crippen molar-refractivity contribution in [3.05, 3.63) is 36.0 Å². The molecule has 6 nitrogen and oxygen atoms in total. The number of carboxylic acid groups (broad SMARTS) is 1. The lowest BCUT2D eigenvalue weighted by Gasteiger charge is -2.10. The van der Waals surface area contributed by atoms with Crippen LogP contribution in [0.3, 0.4) is 0 Å². The van der Waals surface area contributed by atoms with Crippen LogP contribution in [-0.4, -0.2) is 27.8 Å². The lowest BCUT2D eigenvalue weighted by Crippen LogP contribution is -2.09. The van der Waals surface area contributed by atoms with E-state index in [-0.39, 0.29) is 17.4 Å². The van der Waals surface area contributed by atoms with E-state index in [1.165, 1.54) is 12.1 Å². The molecule has 1 amide bonds. The van der Waals surface area contributed by atoms with Crippen molar-refractivity contribution >= 4 is 11.8 Å². The second-order valence-corrected chi connectivity index (χ2v) is 4.03. The maximum Gasteiger partial charge on any atom is 0.409 e. The van der Waals surface area contributed by atoms with Crippen molar-refractivity contribution in [1.29, 1.82) is 0 Å². The molecule has 0 unspecified atom stereocenters. The number of carbonyl (C=O) groups is 1. The zero-order valence-corrected chi connectivity index (χ0v) is 10.9. The van der Waals surface area contributed by atoms with Crippen LogP contribution in [0.1, 0.15) is 5.69 Å². The van der Waals surface area contributed by atoms with Gasteiger partial charge < -0.3 is 9.84 Å². The van der Waals surface area contributed by atoms with Crippen molar-refractivity contribution < 1.29 is 23.4 Å². The van der Waals surface area contributed by atoms with Gasteiger partial charge in [0, 0.05) is 17.3 Å². The number of rotatable bonds is 4. The van der Waals surface area contributed by atoms with Crippen LogP contribution in [0.25, 0.3) is 11.4 Å². The lowest BCUT2D eigenvalue weighted by molar-refractivity contribution is -0.0528. The monoisotopic (exact) mass is 295 g/mol. The third-order valence-corrected chi connectivity index (χ3v) is 2.45. The van der Waals surface area contributed by atoms with Gasteiger partial charge in [-0.1, -0.05) is 12.1 Å². The summed E-state index contributed by atoms with van der Waals surface area (Å²) in [5, 5.41) is 11.0. The second-order valence-electron chi connectivity index (χ2n) is 4.03. The predicted octanol–water partition coefficient (Wildman–Crippen LogP) is 3.14. The predicted molar refractivity (Wildman–Crippen MR) is 70.5 cm³/mol. The highest BCUT2D eigenvalue weighted by atomic mass is 19.3. The fourth-order valence-electron chi connectivity index (χ4n) is 1.71. The second kappa shape index (κ2) is 6.12. The molecule has 0 radical (unpaired) electrons. The SMILES string of the molecule is Cc1cc(OC(F)F)nc(-c2ccccc2NC(=O)O)n1. The summed E-state index contributed by atoms with van der Waals surface area (Å²) in [6.45, 7) is -1.41. The van der Waals surface area contributed by atoms with Crippen LogP contribution >= 0.6 is 0 Å². The number of amides is 1. The average molecular weight is 295 g/mol. The van der Waals surface area contributed by atoms with Crippen LogP contribution in [0.4, 0.5) is 19.3 Å². The molecule has 0 aliphatic carbocycles. The Kier molecular flexibility index (Phi) is 4.27. The zero-order valence-electron chi connectivity index (χ0n) is 10.9. The van der Waals surface area contributed by atoms with Gasteiger partial charge in [-0.15, -0.1) is 0 Å². The Labute approximate surface area is 118 Å². The minimum absolute atomic E-state index is 0.0926. The van der Waals surface area contributed by atoms with E-state index >= 15 is 0 Å². The number of aryl methyl sites for hydroxylation is 1. The highest BCUT2D eigenvalue weighted by Crippen LogP contribution is 2.27. The number of hydrogen-bond donors (Lipinski definition) is 2. The smallest absolute Gasteiger partial charge is 0.409 e. The lowest BCUT2D eigenvalue weighted by atomic mass is 10.1. The van der Waals surface area contributed by atoms with E-state index < -0.39 is 12.7 Å². The van der Waals surface area contributed by atoms with Crippen LogP contribution in [0.15, 0.2) is 30.3 Å². The van der Waals surface area contributed by atoms with E-state index in [0.29, 0.717) is 11.3 Å². The molecule has 1 heterocycles. The van der Waals surface area contributed by atoms with Crippen LogP contribution in [0.5, 0.6) is 5.88 Å². The molecule has 2 aromatic rings. The number of nitrogens with zero attached hydrogens (tertiary/aromatic N) is 2. The van der Waals surface area contributed by atoms with Gasteiger partial charge in [0.25, 0.3) is 0 Å². The molecule has 0 bridgehead atoms. The molecule has 0 saturated carbocycles. The number of para-hydroxylation sites is 1. The summed E-state index contributed by atoms with van der Waals surface area (Å²) in [7, 11) is 0. The Balaban J connectivity index is 2.46. The average Bonchev–Trinajstić information content (AvgIpc) is 2.37. The standard InChI is InChI=1S/C13H11F2N3O3/c1-7-6-10(21-12(14)15)18-11(16-7)8-4-2-3-5-9(8)17-13(19)20/h2-6,12,17H,1H3,(H,19,20). The van der Waals surface area contributed by atoms with E-state index in [9.17, 15) is 13.6 Å². The largest absolute Gasteiger partial charge is 0.465 e. The van der Waals surface area contributed by atoms with E-state index in [0.717, 1.165) is 0 Å². The van der Waals surface area contributed by atoms with Crippen molar-refractivity contribution in [3.63, 3.8) is 0 Å². The number of alkyl halides is 2. The van der Waals surface area contributed by atoms with Gasteiger partial charge in [-0.25, -0.2) is 9.78 Å². The number of anilines is 1. The van der Waals surface area contributed by atoms with Gasteiger partial charge in [-0.2, -0.15) is 13.8 Å².